The molecule has 2 rings (SSSR count). The summed E-state index contributed by atoms with van der Waals surface area (Å²) in [5, 5.41) is 13.9. The third-order valence-corrected chi connectivity index (χ3v) is 4.31. The molecule has 0 aliphatic carbocycles. The van der Waals surface area contributed by atoms with Crippen LogP contribution >= 0.6 is 11.3 Å². The van der Waals surface area contributed by atoms with Crippen molar-refractivity contribution in [2.45, 2.75) is 25.0 Å². The van der Waals surface area contributed by atoms with E-state index in [1.807, 2.05) is 17.5 Å². The van der Waals surface area contributed by atoms with E-state index in [-0.39, 0.29) is 12.1 Å². The predicted octanol–water partition coefficient (Wildman–Crippen LogP) is 1.17. The van der Waals surface area contributed by atoms with Crippen LogP contribution < -0.4 is 5.32 Å². The van der Waals surface area contributed by atoms with Crippen LogP contribution in [-0.4, -0.2) is 54.4 Å². The lowest BCUT2D eigenvalue weighted by Crippen LogP contribution is -2.46. The fourth-order valence-corrected chi connectivity index (χ4v) is 2.98. The molecule has 2 atom stereocenters. The van der Waals surface area contributed by atoms with Crippen LogP contribution in [-0.2, 0) is 16.0 Å². The van der Waals surface area contributed by atoms with Gasteiger partial charge in [0, 0.05) is 31.5 Å². The zero-order chi connectivity index (χ0) is 14.5. The second-order valence-corrected chi connectivity index (χ2v) is 5.69. The maximum absolute atomic E-state index is 12.0. The van der Waals surface area contributed by atoms with Crippen molar-refractivity contribution in [1.82, 2.24) is 10.2 Å². The Morgan fingerprint density at radius 2 is 2.40 bits per heavy atom. The summed E-state index contributed by atoms with van der Waals surface area (Å²) in [6, 6.07) is 2.83. The number of carboxylic acid groups (broad SMARTS) is 1. The fourth-order valence-electron chi connectivity index (χ4n) is 2.28. The number of thiophene rings is 1. The summed E-state index contributed by atoms with van der Waals surface area (Å²) >= 11 is 1.64. The highest BCUT2D eigenvalue weighted by Gasteiger charge is 2.39. The summed E-state index contributed by atoms with van der Waals surface area (Å²) in [6.45, 7) is 0.818. The fraction of sp³-hybridized carbons (Fsp3) is 0.538. The molecule has 2 amide bonds. The highest BCUT2D eigenvalue weighted by Crippen LogP contribution is 2.20. The molecular weight excluding hydrogens is 280 g/mol. The number of aliphatic carboxylic acids is 1. The number of hydrogen-bond acceptors (Lipinski definition) is 4. The third kappa shape index (κ3) is 3.49. The molecule has 6 nitrogen and oxygen atoms in total. The minimum atomic E-state index is -0.988. The Labute approximate surface area is 121 Å². The number of carbonyl (C=O) groups excluding carboxylic acids is 1. The van der Waals surface area contributed by atoms with Crippen LogP contribution in [0.2, 0.25) is 0 Å². The standard InChI is InChI=1S/C13H18N2O4S/c1-19-9-7-11(12(16)17)15(8-9)13(18)14-5-4-10-3-2-6-20-10/h2-3,6,9,11H,4-5,7-8H2,1H3,(H,14,18)(H,16,17). The van der Waals surface area contributed by atoms with Gasteiger partial charge in [-0.15, -0.1) is 11.3 Å². The summed E-state index contributed by atoms with van der Waals surface area (Å²) in [5.74, 6) is -0.988. The van der Waals surface area contributed by atoms with Gasteiger partial charge in [0.05, 0.1) is 6.10 Å². The summed E-state index contributed by atoms with van der Waals surface area (Å²) < 4.78 is 5.15. The quantitative estimate of drug-likeness (QED) is 0.855. The van der Waals surface area contributed by atoms with Crippen molar-refractivity contribution in [3.63, 3.8) is 0 Å². The highest BCUT2D eigenvalue weighted by molar-refractivity contribution is 7.09. The number of urea groups is 1. The van der Waals surface area contributed by atoms with E-state index in [0.29, 0.717) is 19.5 Å². The topological polar surface area (TPSA) is 78.9 Å². The van der Waals surface area contributed by atoms with Crippen molar-refractivity contribution in [3.8, 4) is 0 Å². The van der Waals surface area contributed by atoms with Crippen LogP contribution in [0.4, 0.5) is 4.79 Å². The maximum Gasteiger partial charge on any atom is 0.326 e. The minimum absolute atomic E-state index is 0.209. The second kappa shape index (κ2) is 6.71. The second-order valence-electron chi connectivity index (χ2n) is 4.66. The Bertz CT molecular complexity index is 463. The number of ether oxygens (including phenoxy) is 1. The van der Waals surface area contributed by atoms with Gasteiger partial charge in [-0.2, -0.15) is 0 Å². The van der Waals surface area contributed by atoms with Crippen LogP contribution in [0.1, 0.15) is 11.3 Å². The van der Waals surface area contributed by atoms with E-state index in [0.717, 1.165) is 6.42 Å². The van der Waals surface area contributed by atoms with Crippen LogP contribution in [0, 0.1) is 0 Å². The smallest absolute Gasteiger partial charge is 0.326 e. The van der Waals surface area contributed by atoms with Gasteiger partial charge >= 0.3 is 12.0 Å². The molecule has 20 heavy (non-hydrogen) atoms. The molecule has 2 N–H and O–H groups in total. The molecule has 1 fully saturated rings. The van der Waals surface area contributed by atoms with Crippen molar-refractivity contribution in [3.05, 3.63) is 22.4 Å². The number of nitrogens with zero attached hydrogens (tertiary/aromatic N) is 1. The van der Waals surface area contributed by atoms with Crippen molar-refractivity contribution >= 4 is 23.3 Å². The van der Waals surface area contributed by atoms with Crippen molar-refractivity contribution < 1.29 is 19.4 Å². The van der Waals surface area contributed by atoms with Crippen molar-refractivity contribution in [1.29, 1.82) is 0 Å². The van der Waals surface area contributed by atoms with E-state index in [1.54, 1.807) is 11.3 Å². The summed E-state index contributed by atoms with van der Waals surface area (Å²) in [6.07, 6.45) is 0.881. The van der Waals surface area contributed by atoms with Crippen molar-refractivity contribution in [2.75, 3.05) is 20.2 Å². The zero-order valence-corrected chi connectivity index (χ0v) is 12.1. The summed E-state index contributed by atoms with van der Waals surface area (Å²) in [5.41, 5.74) is 0. The molecule has 2 heterocycles. The highest BCUT2D eigenvalue weighted by atomic mass is 32.1. The number of carbonyl (C=O) groups is 2. The van der Waals surface area contributed by atoms with Crippen LogP contribution in [0.25, 0.3) is 0 Å². The molecule has 1 aromatic heterocycles. The molecule has 1 saturated heterocycles. The normalized spacial score (nSPS) is 21.9. The first kappa shape index (κ1) is 14.8. The van der Waals surface area contributed by atoms with E-state index in [4.69, 9.17) is 9.84 Å². The molecule has 2 unspecified atom stereocenters. The number of nitrogens with one attached hydrogen (secondary N) is 1. The largest absolute Gasteiger partial charge is 0.480 e. The molecule has 0 radical (unpaired) electrons. The molecular formula is C13H18N2O4S. The van der Waals surface area contributed by atoms with Gasteiger partial charge in [0.1, 0.15) is 6.04 Å². The molecule has 0 aromatic carbocycles. The van der Waals surface area contributed by atoms with Gasteiger partial charge in [0.15, 0.2) is 0 Å². The first-order valence-corrected chi connectivity index (χ1v) is 7.32. The van der Waals surface area contributed by atoms with Gasteiger partial charge in [-0.3, -0.25) is 0 Å². The lowest BCUT2D eigenvalue weighted by Gasteiger charge is -2.21. The average molecular weight is 298 g/mol. The van der Waals surface area contributed by atoms with Gasteiger partial charge in [-0.05, 0) is 17.9 Å². The van der Waals surface area contributed by atoms with E-state index in [9.17, 15) is 9.59 Å². The number of rotatable bonds is 5. The minimum Gasteiger partial charge on any atom is -0.480 e. The zero-order valence-electron chi connectivity index (χ0n) is 11.2. The number of likely N-dealkylation sites (tertiary alicyclic amines) is 1. The number of carboxylic acids is 1. The number of methoxy groups -OCH3 is 1. The SMILES string of the molecule is COC1CC(C(=O)O)N(C(=O)NCCc2cccs2)C1. The van der Waals surface area contributed by atoms with Crippen molar-refractivity contribution in [2.24, 2.45) is 0 Å². The molecule has 110 valence electrons. The van der Waals surface area contributed by atoms with Gasteiger partial charge < -0.3 is 20.1 Å². The molecule has 7 heteroatoms. The first-order chi connectivity index (χ1) is 9.61. The van der Waals surface area contributed by atoms with Gasteiger partial charge in [0.25, 0.3) is 0 Å². The molecule has 1 aliphatic heterocycles. The Hall–Kier alpha value is -1.60. The maximum atomic E-state index is 12.0. The van der Waals surface area contributed by atoms with E-state index in [1.165, 1.54) is 16.9 Å². The van der Waals surface area contributed by atoms with E-state index in [2.05, 4.69) is 5.32 Å². The molecule has 1 aliphatic rings. The van der Waals surface area contributed by atoms with Crippen LogP contribution in [0.15, 0.2) is 17.5 Å². The van der Waals surface area contributed by atoms with E-state index < -0.39 is 12.0 Å². The predicted molar refractivity (Wildman–Crippen MR) is 75.0 cm³/mol. The number of hydrogen-bond donors (Lipinski definition) is 2. The Kier molecular flexibility index (Phi) is 4.97. The lowest BCUT2D eigenvalue weighted by atomic mass is 10.2. The Morgan fingerprint density at radius 3 is 3.00 bits per heavy atom. The number of amides is 2. The monoisotopic (exact) mass is 298 g/mol. The Balaban J connectivity index is 1.85. The van der Waals surface area contributed by atoms with Gasteiger partial charge in [-0.1, -0.05) is 6.07 Å². The Morgan fingerprint density at radius 1 is 1.60 bits per heavy atom. The lowest BCUT2D eigenvalue weighted by molar-refractivity contribution is -0.141. The van der Waals surface area contributed by atoms with Crippen LogP contribution in [0.3, 0.4) is 0 Å². The molecule has 0 spiro atoms. The molecule has 0 bridgehead atoms. The average Bonchev–Trinajstić information content (AvgIpc) is 3.07. The first-order valence-electron chi connectivity index (χ1n) is 6.44. The van der Waals surface area contributed by atoms with Gasteiger partial charge in [0.2, 0.25) is 0 Å². The van der Waals surface area contributed by atoms with Crippen LogP contribution in [0.5, 0.6) is 0 Å². The third-order valence-electron chi connectivity index (χ3n) is 3.37. The van der Waals surface area contributed by atoms with E-state index >= 15 is 0 Å². The molecule has 1 aromatic rings. The summed E-state index contributed by atoms with van der Waals surface area (Å²) in [7, 11) is 1.53. The van der Waals surface area contributed by atoms with Gasteiger partial charge in [-0.25, -0.2) is 9.59 Å². The summed E-state index contributed by atoms with van der Waals surface area (Å²) in [4.78, 5) is 25.7. The molecule has 0 saturated carbocycles.